The number of aliphatic hydroxyl groups excluding tert-OH is 1. The van der Waals surface area contributed by atoms with Crippen LogP contribution < -0.4 is 5.73 Å². The second kappa shape index (κ2) is 21.4. The average Bonchev–Trinajstić information content (AvgIpc) is 3.07. The van der Waals surface area contributed by atoms with Gasteiger partial charge in [-0.15, -0.1) is 0 Å². The van der Waals surface area contributed by atoms with Crippen molar-refractivity contribution in [2.24, 2.45) is 46.7 Å². The van der Waals surface area contributed by atoms with Crippen LogP contribution in [0.3, 0.4) is 0 Å². The molecule has 3 aliphatic rings. The second-order valence-corrected chi connectivity index (χ2v) is 16.8. The maximum atomic E-state index is 13.8. The van der Waals surface area contributed by atoms with E-state index in [-0.39, 0.29) is 41.4 Å². The van der Waals surface area contributed by atoms with Crippen molar-refractivity contribution in [1.29, 1.82) is 0 Å². The van der Waals surface area contributed by atoms with Gasteiger partial charge < -0.3 is 15.6 Å². The van der Waals surface area contributed by atoms with E-state index in [0.717, 1.165) is 88.2 Å². The Morgan fingerprint density at radius 2 is 1.60 bits per heavy atom. The second-order valence-electron chi connectivity index (χ2n) is 16.8. The molecule has 3 aliphatic carbocycles. The summed E-state index contributed by atoms with van der Waals surface area (Å²) < 4.78 is 5.40. The number of ketones is 3. The van der Waals surface area contributed by atoms with E-state index in [1.807, 2.05) is 39.8 Å². The van der Waals surface area contributed by atoms with Gasteiger partial charge in [-0.05, 0) is 88.0 Å². The number of unbranched alkanes of at least 4 members (excludes halogenated alkanes) is 4. The molecule has 0 saturated heterocycles. The zero-order chi connectivity index (χ0) is 34.9. The third kappa shape index (κ3) is 14.2. The monoisotopic (exact) mass is 670 g/mol. The molecule has 0 aliphatic heterocycles. The molecule has 2 fully saturated rings. The molecule has 274 valence electrons. The standard InChI is InChI=1S/C42H71NO5/c1-31(15-9-14-22-40(46)42(2,3)4)38(45)28-27-35(26-24-32-23-25-33-16-10-11-19-36(33)29-32)41(47)37(43)20-8-6-5-7-17-34-18-12-13-21-39(34)48-30-44/h12-13,21,31-37,44H,5-11,14-20,22-30,43H2,1-4H3/t31?,32?,33?,34?,35-,36?,37?/m0/s1. The minimum absolute atomic E-state index is 0.0350. The first-order chi connectivity index (χ1) is 23.0. The number of carbonyl (C=O) groups is 3. The Labute approximate surface area is 293 Å². The van der Waals surface area contributed by atoms with E-state index in [2.05, 4.69) is 6.08 Å². The first kappa shape index (κ1) is 40.6. The van der Waals surface area contributed by atoms with Gasteiger partial charge in [0.2, 0.25) is 0 Å². The molecular formula is C42H71NO5. The number of Topliss-reactive ketones (excluding diaryl/α,β-unsaturated/α-hetero) is 3. The Balaban J connectivity index is 1.44. The van der Waals surface area contributed by atoms with Crippen molar-refractivity contribution in [3.63, 3.8) is 0 Å². The minimum Gasteiger partial charge on any atom is -0.472 e. The zero-order valence-electron chi connectivity index (χ0n) is 31.2. The number of aliphatic hydroxyl groups is 1. The van der Waals surface area contributed by atoms with E-state index in [9.17, 15) is 14.4 Å². The van der Waals surface area contributed by atoms with Crippen LogP contribution in [0.15, 0.2) is 24.0 Å². The van der Waals surface area contributed by atoms with Gasteiger partial charge in [0, 0.05) is 36.0 Å². The number of hydrogen-bond acceptors (Lipinski definition) is 6. The highest BCUT2D eigenvalue weighted by Gasteiger charge is 2.33. The normalized spacial score (nSPS) is 24.7. The number of carbonyl (C=O) groups excluding carboxylic acids is 3. The average molecular weight is 670 g/mol. The molecule has 0 aromatic heterocycles. The lowest BCUT2D eigenvalue weighted by molar-refractivity contribution is -0.127. The molecule has 0 heterocycles. The van der Waals surface area contributed by atoms with Crippen molar-refractivity contribution in [3.8, 4) is 0 Å². The molecule has 2 saturated carbocycles. The van der Waals surface area contributed by atoms with Crippen molar-refractivity contribution in [3.05, 3.63) is 24.0 Å². The van der Waals surface area contributed by atoms with Crippen molar-refractivity contribution in [2.45, 2.75) is 175 Å². The van der Waals surface area contributed by atoms with Gasteiger partial charge in [0.15, 0.2) is 12.6 Å². The third-order valence-electron chi connectivity index (χ3n) is 12.0. The van der Waals surface area contributed by atoms with Crippen LogP contribution in [0.5, 0.6) is 0 Å². The van der Waals surface area contributed by atoms with Gasteiger partial charge >= 0.3 is 0 Å². The van der Waals surface area contributed by atoms with Gasteiger partial charge in [-0.3, -0.25) is 14.4 Å². The van der Waals surface area contributed by atoms with Crippen molar-refractivity contribution in [1.82, 2.24) is 0 Å². The van der Waals surface area contributed by atoms with Crippen LogP contribution in [0.2, 0.25) is 0 Å². The molecule has 3 rings (SSSR count). The van der Waals surface area contributed by atoms with E-state index in [1.165, 1.54) is 44.9 Å². The smallest absolute Gasteiger partial charge is 0.185 e. The summed E-state index contributed by atoms with van der Waals surface area (Å²) in [7, 11) is 0. The molecule has 0 radical (unpaired) electrons. The molecular weight excluding hydrogens is 598 g/mol. The Morgan fingerprint density at radius 1 is 0.875 bits per heavy atom. The van der Waals surface area contributed by atoms with Crippen LogP contribution >= 0.6 is 0 Å². The molecule has 0 spiro atoms. The highest BCUT2D eigenvalue weighted by Crippen LogP contribution is 2.44. The zero-order valence-corrected chi connectivity index (χ0v) is 31.2. The lowest BCUT2D eigenvalue weighted by Crippen LogP contribution is -2.36. The Bertz CT molecular complexity index is 1040. The number of rotatable bonds is 23. The molecule has 3 N–H and O–H groups in total. The van der Waals surface area contributed by atoms with Crippen LogP contribution in [0.4, 0.5) is 0 Å². The number of fused-ring (bicyclic) bond motifs is 1. The predicted molar refractivity (Wildman–Crippen MR) is 196 cm³/mol. The molecule has 6 unspecified atom stereocenters. The highest BCUT2D eigenvalue weighted by atomic mass is 16.6. The third-order valence-corrected chi connectivity index (χ3v) is 12.0. The van der Waals surface area contributed by atoms with Crippen molar-refractivity contribution in [2.75, 3.05) is 6.79 Å². The molecule has 48 heavy (non-hydrogen) atoms. The molecule has 6 nitrogen and oxygen atoms in total. The summed E-state index contributed by atoms with van der Waals surface area (Å²) >= 11 is 0. The molecule has 7 atom stereocenters. The fraction of sp³-hybridized carbons (Fsp3) is 0.833. The van der Waals surface area contributed by atoms with Gasteiger partial charge in [0.25, 0.3) is 0 Å². The van der Waals surface area contributed by atoms with Crippen molar-refractivity contribution < 1.29 is 24.2 Å². The molecule has 0 aromatic rings. The number of ether oxygens (including phenoxy) is 1. The Hall–Kier alpha value is -1.79. The van der Waals surface area contributed by atoms with Gasteiger partial charge in [-0.1, -0.05) is 104 Å². The number of hydrogen-bond donors (Lipinski definition) is 2. The summed E-state index contributed by atoms with van der Waals surface area (Å²) in [6.07, 6.45) is 28.7. The summed E-state index contributed by atoms with van der Waals surface area (Å²) in [5, 5.41) is 9.16. The minimum atomic E-state index is -0.451. The van der Waals surface area contributed by atoms with E-state index < -0.39 is 6.04 Å². The molecule has 0 amide bonds. The van der Waals surface area contributed by atoms with E-state index in [1.54, 1.807) is 0 Å². The van der Waals surface area contributed by atoms with Gasteiger partial charge in [-0.2, -0.15) is 0 Å². The summed E-state index contributed by atoms with van der Waals surface area (Å²) in [6.45, 7) is 7.63. The number of nitrogens with two attached hydrogens (primary N) is 1. The summed E-state index contributed by atoms with van der Waals surface area (Å²) in [5.74, 6) is 4.29. The van der Waals surface area contributed by atoms with E-state index >= 15 is 0 Å². The quantitative estimate of drug-likeness (QED) is 0.0829. The largest absolute Gasteiger partial charge is 0.472 e. The van der Waals surface area contributed by atoms with Gasteiger partial charge in [-0.25, -0.2) is 0 Å². The summed E-state index contributed by atoms with van der Waals surface area (Å²) in [6, 6.07) is -0.451. The van der Waals surface area contributed by atoms with Crippen LogP contribution in [-0.4, -0.2) is 35.3 Å². The Kier molecular flexibility index (Phi) is 18.1. The predicted octanol–water partition coefficient (Wildman–Crippen LogP) is 9.81. The van der Waals surface area contributed by atoms with Crippen LogP contribution in [-0.2, 0) is 19.1 Å². The fourth-order valence-corrected chi connectivity index (χ4v) is 8.65. The topological polar surface area (TPSA) is 107 Å². The first-order valence-electron chi connectivity index (χ1n) is 19.9. The molecule has 0 bridgehead atoms. The maximum absolute atomic E-state index is 13.8. The van der Waals surface area contributed by atoms with Gasteiger partial charge in [0.1, 0.15) is 17.3 Å². The lowest BCUT2D eigenvalue weighted by atomic mass is 9.66. The molecule has 6 heteroatoms. The van der Waals surface area contributed by atoms with E-state index in [0.29, 0.717) is 37.5 Å². The van der Waals surface area contributed by atoms with Gasteiger partial charge in [0.05, 0.1) is 6.04 Å². The SMILES string of the molecule is CC(CCCCC(=O)C(C)(C)C)C(=O)CC[C@H](CCC1CCC2CCCCC2C1)C(=O)C(N)CCCCCCC1CC=CC=C1OCO. The van der Waals surface area contributed by atoms with Crippen LogP contribution in [0.1, 0.15) is 169 Å². The Morgan fingerprint density at radius 3 is 2.35 bits per heavy atom. The highest BCUT2D eigenvalue weighted by molar-refractivity contribution is 5.87. The van der Waals surface area contributed by atoms with Crippen LogP contribution in [0.25, 0.3) is 0 Å². The number of allylic oxidation sites excluding steroid dienone is 4. The maximum Gasteiger partial charge on any atom is 0.185 e. The fourth-order valence-electron chi connectivity index (χ4n) is 8.65. The van der Waals surface area contributed by atoms with E-state index in [4.69, 9.17) is 15.6 Å². The summed E-state index contributed by atoms with van der Waals surface area (Å²) in [4.78, 5) is 39.3. The lowest BCUT2D eigenvalue weighted by Gasteiger charge is -2.39. The first-order valence-corrected chi connectivity index (χ1v) is 19.9. The molecule has 0 aromatic carbocycles. The summed E-state index contributed by atoms with van der Waals surface area (Å²) in [5.41, 5.74) is 6.28. The van der Waals surface area contributed by atoms with Crippen molar-refractivity contribution >= 4 is 17.3 Å². The van der Waals surface area contributed by atoms with Crippen LogP contribution in [0, 0.1) is 40.9 Å².